The van der Waals surface area contributed by atoms with Crippen LogP contribution in [0, 0.1) is 6.92 Å². The molecule has 0 atom stereocenters. The van der Waals surface area contributed by atoms with Gasteiger partial charge in [0.05, 0.1) is 5.52 Å². The highest BCUT2D eigenvalue weighted by Gasteiger charge is 2.09. The zero-order valence-electron chi connectivity index (χ0n) is 9.72. The van der Waals surface area contributed by atoms with Crippen LogP contribution in [0.1, 0.15) is 11.4 Å². The average molecular weight is 226 g/mol. The second-order valence-electron chi connectivity index (χ2n) is 4.19. The van der Waals surface area contributed by atoms with Crippen molar-refractivity contribution >= 4 is 16.6 Å². The smallest absolute Gasteiger partial charge is 0.161 e. The summed E-state index contributed by atoms with van der Waals surface area (Å²) in [6.45, 7) is 2.69. The molecule has 0 aliphatic heterocycles. The average Bonchev–Trinajstić information content (AvgIpc) is 2.73. The van der Waals surface area contributed by atoms with Crippen molar-refractivity contribution in [3.8, 4) is 0 Å². The predicted octanol–water partition coefficient (Wildman–Crippen LogP) is 1.69. The van der Waals surface area contributed by atoms with Gasteiger partial charge >= 0.3 is 0 Å². The Morgan fingerprint density at radius 1 is 1.18 bits per heavy atom. The summed E-state index contributed by atoms with van der Waals surface area (Å²) in [5.74, 6) is 0.933. The Labute approximate surface area is 99.1 Å². The van der Waals surface area contributed by atoms with E-state index in [0.29, 0.717) is 6.54 Å². The summed E-state index contributed by atoms with van der Waals surface area (Å²) in [6.07, 6.45) is 0.745. The van der Waals surface area contributed by atoms with Crippen LogP contribution >= 0.6 is 0 Å². The SMILES string of the molecule is Cc1cccc2ccc3nnc(CCN)n3c12. The van der Waals surface area contributed by atoms with E-state index in [2.05, 4.69) is 45.8 Å². The van der Waals surface area contributed by atoms with E-state index in [9.17, 15) is 0 Å². The Balaban J connectivity index is 2.47. The predicted molar refractivity (Wildman–Crippen MR) is 68.0 cm³/mol. The number of hydrogen-bond donors (Lipinski definition) is 1. The van der Waals surface area contributed by atoms with E-state index in [1.165, 1.54) is 16.5 Å². The van der Waals surface area contributed by atoms with E-state index in [1.807, 2.05) is 6.07 Å². The summed E-state index contributed by atoms with van der Waals surface area (Å²) in [5.41, 5.74) is 8.90. The van der Waals surface area contributed by atoms with E-state index in [1.54, 1.807) is 0 Å². The maximum Gasteiger partial charge on any atom is 0.161 e. The molecule has 0 aliphatic carbocycles. The molecule has 0 spiro atoms. The molecule has 0 aliphatic rings. The van der Waals surface area contributed by atoms with Gasteiger partial charge in [0.25, 0.3) is 0 Å². The molecule has 0 saturated heterocycles. The first-order valence-electron chi connectivity index (χ1n) is 5.73. The third kappa shape index (κ3) is 1.49. The van der Waals surface area contributed by atoms with Gasteiger partial charge in [-0.05, 0) is 36.6 Å². The van der Waals surface area contributed by atoms with E-state index in [4.69, 9.17) is 5.73 Å². The molecular formula is C13H14N4. The molecule has 0 radical (unpaired) electrons. The van der Waals surface area contributed by atoms with Crippen molar-refractivity contribution in [3.63, 3.8) is 0 Å². The van der Waals surface area contributed by atoms with Gasteiger partial charge in [-0.2, -0.15) is 0 Å². The molecule has 3 rings (SSSR count). The van der Waals surface area contributed by atoms with Crippen molar-refractivity contribution in [2.75, 3.05) is 6.54 Å². The van der Waals surface area contributed by atoms with Gasteiger partial charge in [0.1, 0.15) is 5.82 Å². The third-order valence-electron chi connectivity index (χ3n) is 3.03. The zero-order chi connectivity index (χ0) is 11.8. The molecule has 2 aromatic heterocycles. The normalized spacial score (nSPS) is 11.4. The van der Waals surface area contributed by atoms with Gasteiger partial charge < -0.3 is 5.73 Å². The minimum atomic E-state index is 0.586. The van der Waals surface area contributed by atoms with Crippen LogP contribution in [-0.4, -0.2) is 21.1 Å². The molecule has 4 heteroatoms. The Bertz CT molecular complexity index is 684. The fourth-order valence-corrected chi connectivity index (χ4v) is 2.26. The van der Waals surface area contributed by atoms with E-state index < -0.39 is 0 Å². The van der Waals surface area contributed by atoms with E-state index in [0.717, 1.165) is 17.9 Å². The molecule has 0 fully saturated rings. The number of hydrogen-bond acceptors (Lipinski definition) is 3. The summed E-state index contributed by atoms with van der Waals surface area (Å²) in [5, 5.41) is 9.60. The largest absolute Gasteiger partial charge is 0.330 e. The molecule has 17 heavy (non-hydrogen) atoms. The third-order valence-corrected chi connectivity index (χ3v) is 3.03. The Hall–Kier alpha value is -1.94. The maximum absolute atomic E-state index is 5.61. The Kier molecular flexibility index (Phi) is 2.30. The van der Waals surface area contributed by atoms with Crippen molar-refractivity contribution in [3.05, 3.63) is 41.7 Å². The zero-order valence-corrected chi connectivity index (χ0v) is 9.72. The second-order valence-corrected chi connectivity index (χ2v) is 4.19. The lowest BCUT2D eigenvalue weighted by molar-refractivity contribution is 0.856. The van der Waals surface area contributed by atoms with Crippen molar-refractivity contribution in [2.45, 2.75) is 13.3 Å². The number of para-hydroxylation sites is 1. The molecule has 4 nitrogen and oxygen atoms in total. The summed E-state index contributed by atoms with van der Waals surface area (Å²) in [4.78, 5) is 0. The van der Waals surface area contributed by atoms with Crippen LogP contribution in [0.3, 0.4) is 0 Å². The van der Waals surface area contributed by atoms with Gasteiger partial charge in [0.2, 0.25) is 0 Å². The molecule has 0 unspecified atom stereocenters. The Morgan fingerprint density at radius 3 is 2.88 bits per heavy atom. The number of pyridine rings is 1. The van der Waals surface area contributed by atoms with Crippen molar-refractivity contribution < 1.29 is 0 Å². The van der Waals surface area contributed by atoms with Crippen LogP contribution in [0.2, 0.25) is 0 Å². The van der Waals surface area contributed by atoms with Crippen LogP contribution in [0.5, 0.6) is 0 Å². The van der Waals surface area contributed by atoms with Gasteiger partial charge in [-0.15, -0.1) is 10.2 Å². The number of fused-ring (bicyclic) bond motifs is 3. The summed E-state index contributed by atoms with van der Waals surface area (Å²) in [7, 11) is 0. The lowest BCUT2D eigenvalue weighted by Gasteiger charge is -2.06. The molecule has 86 valence electrons. The second kappa shape index (κ2) is 3.82. The van der Waals surface area contributed by atoms with Gasteiger partial charge in [-0.3, -0.25) is 4.40 Å². The molecule has 0 saturated carbocycles. The molecular weight excluding hydrogens is 212 g/mol. The summed E-state index contributed by atoms with van der Waals surface area (Å²) < 4.78 is 2.11. The first-order chi connectivity index (χ1) is 8.31. The molecule has 1 aromatic carbocycles. The van der Waals surface area contributed by atoms with Crippen LogP contribution < -0.4 is 5.73 Å². The minimum absolute atomic E-state index is 0.586. The van der Waals surface area contributed by atoms with Gasteiger partial charge in [-0.25, -0.2) is 0 Å². The number of benzene rings is 1. The molecule has 3 aromatic rings. The van der Waals surface area contributed by atoms with Crippen molar-refractivity contribution in [1.29, 1.82) is 0 Å². The molecule has 2 N–H and O–H groups in total. The number of aromatic nitrogens is 3. The summed E-state index contributed by atoms with van der Waals surface area (Å²) >= 11 is 0. The number of nitrogens with zero attached hydrogens (tertiary/aromatic N) is 3. The van der Waals surface area contributed by atoms with Crippen LogP contribution in [0.4, 0.5) is 0 Å². The standard InChI is InChI=1S/C13H14N4/c1-9-3-2-4-10-5-6-11-15-16-12(7-8-14)17(11)13(9)10/h2-6H,7-8,14H2,1H3. The van der Waals surface area contributed by atoms with Crippen LogP contribution in [0.25, 0.3) is 16.6 Å². The molecule has 0 amide bonds. The first-order valence-corrected chi connectivity index (χ1v) is 5.73. The number of rotatable bonds is 2. The van der Waals surface area contributed by atoms with Gasteiger partial charge in [-0.1, -0.05) is 18.2 Å². The van der Waals surface area contributed by atoms with Crippen molar-refractivity contribution in [2.24, 2.45) is 5.73 Å². The van der Waals surface area contributed by atoms with Crippen LogP contribution in [-0.2, 0) is 6.42 Å². The Morgan fingerprint density at radius 2 is 2.06 bits per heavy atom. The quantitative estimate of drug-likeness (QED) is 0.723. The maximum atomic E-state index is 5.61. The summed E-state index contributed by atoms with van der Waals surface area (Å²) in [6, 6.07) is 10.4. The van der Waals surface area contributed by atoms with Crippen molar-refractivity contribution in [1.82, 2.24) is 14.6 Å². The lowest BCUT2D eigenvalue weighted by atomic mass is 10.1. The minimum Gasteiger partial charge on any atom is -0.330 e. The number of aryl methyl sites for hydroxylation is 1. The highest BCUT2D eigenvalue weighted by molar-refractivity contribution is 5.84. The van der Waals surface area contributed by atoms with Gasteiger partial charge in [0.15, 0.2) is 5.65 Å². The fourth-order valence-electron chi connectivity index (χ4n) is 2.26. The van der Waals surface area contributed by atoms with E-state index in [-0.39, 0.29) is 0 Å². The monoisotopic (exact) mass is 226 g/mol. The van der Waals surface area contributed by atoms with Gasteiger partial charge in [0, 0.05) is 6.42 Å². The van der Waals surface area contributed by atoms with E-state index >= 15 is 0 Å². The molecule has 2 heterocycles. The fraction of sp³-hybridized carbons (Fsp3) is 0.231. The number of nitrogens with two attached hydrogens (primary N) is 1. The highest BCUT2D eigenvalue weighted by Crippen LogP contribution is 2.20. The molecule has 0 bridgehead atoms. The lowest BCUT2D eigenvalue weighted by Crippen LogP contribution is -2.07. The highest BCUT2D eigenvalue weighted by atomic mass is 15.2. The van der Waals surface area contributed by atoms with Crippen LogP contribution in [0.15, 0.2) is 30.3 Å². The topological polar surface area (TPSA) is 56.2 Å². The first kappa shape index (κ1) is 10.2.